The van der Waals surface area contributed by atoms with Crippen LogP contribution in [-0.2, 0) is 15.2 Å². The first-order valence-corrected chi connectivity index (χ1v) is 15.2. The lowest BCUT2D eigenvalue weighted by Crippen LogP contribution is -2.57. The first kappa shape index (κ1) is 24.7. The Morgan fingerprint density at radius 1 is 1.05 bits per heavy atom. The van der Waals surface area contributed by atoms with Crippen molar-refractivity contribution in [2.24, 2.45) is 5.41 Å². The van der Waals surface area contributed by atoms with Crippen molar-refractivity contribution in [3.8, 4) is 12.1 Å². The highest BCUT2D eigenvalue weighted by Gasteiger charge is 2.53. The third kappa shape index (κ3) is 4.46. The maximum atomic E-state index is 9.74. The van der Waals surface area contributed by atoms with E-state index in [-0.39, 0.29) is 10.2 Å². The second-order valence-electron chi connectivity index (χ2n) is 11.0. The maximum absolute atomic E-state index is 9.74. The zero-order chi connectivity index (χ0) is 25.7. The molecule has 38 heavy (non-hydrogen) atoms. The van der Waals surface area contributed by atoms with Gasteiger partial charge in [0.2, 0.25) is 11.9 Å². The normalized spacial score (nSPS) is 23.7. The first-order valence-electron chi connectivity index (χ1n) is 13.4. The highest BCUT2D eigenvalue weighted by molar-refractivity contribution is 8.00. The molecular weight excluding hydrogens is 522 g/mol. The number of nitriles is 1. The van der Waals surface area contributed by atoms with Crippen LogP contribution < -0.4 is 25.6 Å². The van der Waals surface area contributed by atoms with Gasteiger partial charge in [-0.05, 0) is 12.8 Å². The van der Waals surface area contributed by atoms with Crippen LogP contribution in [-0.4, -0.2) is 98.6 Å². The topological polar surface area (TPSA) is 129 Å². The number of nitrogen functional groups attached to an aromatic ring is 1. The van der Waals surface area contributed by atoms with Gasteiger partial charge in [-0.1, -0.05) is 0 Å². The summed E-state index contributed by atoms with van der Waals surface area (Å²) in [5.41, 5.74) is 8.14. The highest BCUT2D eigenvalue weighted by atomic mass is 32.2. The number of fused-ring (bicyclic) bond motifs is 2. The van der Waals surface area contributed by atoms with Gasteiger partial charge in [-0.3, -0.25) is 4.90 Å². The number of thioether (sulfide) groups is 1. The summed E-state index contributed by atoms with van der Waals surface area (Å²) in [6, 6.07) is 2.76. The molecular formula is C25H33N9O2S2. The fraction of sp³-hybridized carbons (Fsp3) is 0.680. The average Bonchev–Trinajstić information content (AvgIpc) is 3.48. The molecule has 3 N–H and O–H groups in total. The van der Waals surface area contributed by atoms with Crippen molar-refractivity contribution in [1.82, 2.24) is 25.2 Å². The smallest absolute Gasteiger partial charge is 0.323 e. The second-order valence-corrected chi connectivity index (χ2v) is 13.5. The van der Waals surface area contributed by atoms with Crippen molar-refractivity contribution in [2.45, 2.75) is 23.3 Å². The fourth-order valence-corrected chi connectivity index (χ4v) is 8.76. The van der Waals surface area contributed by atoms with Crippen molar-refractivity contribution in [3.63, 3.8) is 0 Å². The number of thiophene rings is 1. The van der Waals surface area contributed by atoms with Crippen LogP contribution in [0.4, 0.5) is 16.9 Å². The number of hydrogen-bond acceptors (Lipinski definition) is 13. The number of piperazine rings is 1. The van der Waals surface area contributed by atoms with E-state index in [1.54, 1.807) is 11.3 Å². The molecule has 4 fully saturated rings. The van der Waals surface area contributed by atoms with Crippen molar-refractivity contribution in [3.05, 3.63) is 16.0 Å². The Morgan fingerprint density at radius 2 is 1.79 bits per heavy atom. The van der Waals surface area contributed by atoms with E-state index in [0.717, 1.165) is 83.4 Å². The predicted octanol–water partition coefficient (Wildman–Crippen LogP) is 1.25. The van der Waals surface area contributed by atoms with Crippen molar-refractivity contribution in [1.29, 1.82) is 5.26 Å². The van der Waals surface area contributed by atoms with Gasteiger partial charge < -0.3 is 30.3 Å². The Hall–Kier alpha value is -2.37. The zero-order valence-electron chi connectivity index (χ0n) is 21.4. The minimum atomic E-state index is -0.117. The van der Waals surface area contributed by atoms with Gasteiger partial charge in [0.1, 0.15) is 11.1 Å². The van der Waals surface area contributed by atoms with E-state index in [1.807, 2.05) is 11.8 Å². The number of rotatable bonds is 7. The van der Waals surface area contributed by atoms with Crippen molar-refractivity contribution >= 4 is 40.0 Å². The van der Waals surface area contributed by atoms with Gasteiger partial charge in [0.05, 0.1) is 30.1 Å². The molecule has 7 rings (SSSR count). The predicted molar refractivity (Wildman–Crippen MR) is 148 cm³/mol. The van der Waals surface area contributed by atoms with Crippen molar-refractivity contribution < 1.29 is 9.47 Å². The van der Waals surface area contributed by atoms with Crippen LogP contribution in [0, 0.1) is 16.7 Å². The Kier molecular flexibility index (Phi) is 6.28. The average molecular weight is 556 g/mol. The molecule has 1 saturated carbocycles. The zero-order valence-corrected chi connectivity index (χ0v) is 23.1. The second kappa shape index (κ2) is 9.67. The van der Waals surface area contributed by atoms with Crippen LogP contribution in [0.2, 0.25) is 0 Å². The standard InChI is InChI=1S/C25H33N9O2S2/c26-11-17-19-18(38-20(17)27)12-37-25(19)14-34(15-25)22-29-21(33-5-3-28-4-6-33)30-23(31-22)36-16-24(1-2-24)13-32-7-9-35-10-8-32/h28H,1-10,12-16,27H2. The number of nitrogens with one attached hydrogen (secondary N) is 1. The molecule has 202 valence electrons. The minimum Gasteiger partial charge on any atom is -0.463 e. The number of nitrogens with zero attached hydrogens (tertiary/aromatic N) is 7. The minimum absolute atomic E-state index is 0.117. The van der Waals surface area contributed by atoms with Gasteiger partial charge in [0, 0.05) is 80.5 Å². The molecule has 0 atom stereocenters. The lowest BCUT2D eigenvalue weighted by atomic mass is 9.88. The lowest BCUT2D eigenvalue weighted by Gasteiger charge is -2.47. The van der Waals surface area contributed by atoms with Crippen LogP contribution in [0.3, 0.4) is 0 Å². The van der Waals surface area contributed by atoms with E-state index < -0.39 is 0 Å². The van der Waals surface area contributed by atoms with Gasteiger partial charge in [-0.15, -0.1) is 23.1 Å². The van der Waals surface area contributed by atoms with E-state index in [4.69, 9.17) is 30.2 Å². The first-order chi connectivity index (χ1) is 18.6. The summed E-state index contributed by atoms with van der Waals surface area (Å²) in [6.45, 7) is 10.3. The number of morpholine rings is 1. The van der Waals surface area contributed by atoms with Gasteiger partial charge >= 0.3 is 6.01 Å². The molecule has 11 nitrogen and oxygen atoms in total. The summed E-state index contributed by atoms with van der Waals surface area (Å²) >= 11 is 3.46. The summed E-state index contributed by atoms with van der Waals surface area (Å²) in [5.74, 6) is 2.24. The molecule has 2 aromatic heterocycles. The molecule has 1 spiro atoms. The van der Waals surface area contributed by atoms with Gasteiger partial charge in [-0.25, -0.2) is 0 Å². The monoisotopic (exact) mass is 555 g/mol. The lowest BCUT2D eigenvalue weighted by molar-refractivity contribution is 0.0231. The van der Waals surface area contributed by atoms with E-state index >= 15 is 0 Å². The maximum Gasteiger partial charge on any atom is 0.323 e. The van der Waals surface area contributed by atoms with Crippen LogP contribution in [0.25, 0.3) is 0 Å². The molecule has 4 aliphatic heterocycles. The van der Waals surface area contributed by atoms with E-state index in [2.05, 4.69) is 26.1 Å². The molecule has 2 aromatic rings. The molecule has 0 unspecified atom stereocenters. The Balaban J connectivity index is 1.10. The molecule has 0 amide bonds. The molecule has 5 aliphatic rings. The third-order valence-corrected chi connectivity index (χ3v) is 11.0. The van der Waals surface area contributed by atoms with Crippen LogP contribution >= 0.6 is 23.1 Å². The van der Waals surface area contributed by atoms with E-state index in [0.29, 0.717) is 35.1 Å². The quantitative estimate of drug-likeness (QED) is 0.510. The summed E-state index contributed by atoms with van der Waals surface area (Å²) in [6.07, 6.45) is 2.35. The Morgan fingerprint density at radius 3 is 2.50 bits per heavy atom. The molecule has 6 heterocycles. The SMILES string of the molecule is N#Cc1c(N)sc2c1C1(CN(c3nc(OCC4(CN5CCOCC5)CC4)nc(N4CCNCC4)n3)C1)SC2. The van der Waals surface area contributed by atoms with Crippen LogP contribution in [0.15, 0.2) is 0 Å². The Labute approximate surface area is 230 Å². The van der Waals surface area contributed by atoms with E-state index in [9.17, 15) is 5.26 Å². The van der Waals surface area contributed by atoms with E-state index in [1.165, 1.54) is 17.7 Å². The third-order valence-electron chi connectivity index (χ3n) is 8.35. The number of ether oxygens (including phenoxy) is 2. The Bertz CT molecular complexity index is 1240. The summed E-state index contributed by atoms with van der Waals surface area (Å²) in [7, 11) is 0. The summed E-state index contributed by atoms with van der Waals surface area (Å²) < 4.78 is 11.7. The van der Waals surface area contributed by atoms with Gasteiger partial charge in [0.15, 0.2) is 0 Å². The molecule has 1 aliphatic carbocycles. The summed E-state index contributed by atoms with van der Waals surface area (Å²) in [4.78, 5) is 22.6. The number of nitrogens with two attached hydrogens (primary N) is 1. The molecule has 0 radical (unpaired) electrons. The number of aromatic nitrogens is 3. The largest absolute Gasteiger partial charge is 0.463 e. The molecule has 13 heteroatoms. The van der Waals surface area contributed by atoms with Crippen LogP contribution in [0.1, 0.15) is 28.8 Å². The molecule has 0 bridgehead atoms. The highest BCUT2D eigenvalue weighted by Crippen LogP contribution is 2.57. The molecule has 3 saturated heterocycles. The van der Waals surface area contributed by atoms with Crippen molar-refractivity contribution in [2.75, 3.05) is 94.3 Å². The van der Waals surface area contributed by atoms with Gasteiger partial charge in [-0.2, -0.15) is 20.2 Å². The van der Waals surface area contributed by atoms with Gasteiger partial charge in [0.25, 0.3) is 0 Å². The number of anilines is 3. The fourth-order valence-electron chi connectivity index (χ4n) is 5.95. The number of hydrogen-bond donors (Lipinski definition) is 2. The summed E-state index contributed by atoms with van der Waals surface area (Å²) in [5, 5.41) is 13.8. The molecule has 0 aromatic carbocycles. The van der Waals surface area contributed by atoms with Crippen LogP contribution in [0.5, 0.6) is 6.01 Å².